The molecule has 1 aromatic rings. The van der Waals surface area contributed by atoms with Crippen LogP contribution in [0.25, 0.3) is 0 Å². The molecule has 1 saturated heterocycles. The zero-order valence-corrected chi connectivity index (χ0v) is 12.7. The van der Waals surface area contributed by atoms with Crippen LogP contribution in [0.3, 0.4) is 0 Å². The van der Waals surface area contributed by atoms with Crippen LogP contribution in [0.1, 0.15) is 18.4 Å². The predicted molar refractivity (Wildman–Crippen MR) is 77.3 cm³/mol. The Hall–Kier alpha value is -1.11. The minimum Gasteiger partial charge on any atom is -0.328 e. The number of hydrogen-bond donors (Lipinski definition) is 1. The first-order valence-corrected chi connectivity index (χ1v) is 8.28. The van der Waals surface area contributed by atoms with Crippen LogP contribution in [0.5, 0.6) is 0 Å². The number of amides is 1. The van der Waals surface area contributed by atoms with Gasteiger partial charge in [-0.25, -0.2) is 13.1 Å². The van der Waals surface area contributed by atoms with Crippen molar-refractivity contribution in [1.82, 2.24) is 9.62 Å². The first kappa shape index (κ1) is 15.3. The average molecular weight is 317 g/mol. The van der Waals surface area contributed by atoms with E-state index in [1.807, 2.05) is 6.92 Å². The minimum atomic E-state index is -3.56. The van der Waals surface area contributed by atoms with E-state index in [4.69, 9.17) is 11.6 Å². The van der Waals surface area contributed by atoms with Crippen molar-refractivity contribution in [3.63, 3.8) is 0 Å². The molecule has 0 aliphatic carbocycles. The number of likely N-dealkylation sites (tertiary alicyclic amines) is 1. The number of sulfonamides is 1. The molecule has 0 aromatic heterocycles. The van der Waals surface area contributed by atoms with Crippen LogP contribution in [0, 0.1) is 6.92 Å². The zero-order valence-electron chi connectivity index (χ0n) is 11.2. The van der Waals surface area contributed by atoms with Gasteiger partial charge in [-0.15, -0.1) is 0 Å². The number of aryl methyl sites for hydroxylation is 1. The molecule has 20 heavy (non-hydrogen) atoms. The van der Waals surface area contributed by atoms with E-state index in [1.54, 1.807) is 24.3 Å². The van der Waals surface area contributed by atoms with Gasteiger partial charge in [-0.2, -0.15) is 0 Å². The monoisotopic (exact) mass is 316 g/mol. The zero-order chi connectivity index (χ0) is 14.8. The van der Waals surface area contributed by atoms with Gasteiger partial charge in [0.25, 0.3) is 0 Å². The van der Waals surface area contributed by atoms with Gasteiger partial charge < -0.3 is 4.90 Å². The third-order valence-corrected chi connectivity index (χ3v) is 5.10. The Balaban J connectivity index is 2.08. The fourth-order valence-electron chi connectivity index (χ4n) is 2.24. The van der Waals surface area contributed by atoms with Crippen molar-refractivity contribution in [3.8, 4) is 0 Å². The van der Waals surface area contributed by atoms with Gasteiger partial charge in [0.15, 0.2) is 0 Å². The summed E-state index contributed by atoms with van der Waals surface area (Å²) >= 11 is 5.44. The molecular weight excluding hydrogens is 300 g/mol. The number of piperidine rings is 1. The molecule has 1 fully saturated rings. The highest BCUT2D eigenvalue weighted by Crippen LogP contribution is 2.16. The molecule has 110 valence electrons. The largest absolute Gasteiger partial charge is 0.328 e. The molecule has 1 amide bonds. The van der Waals surface area contributed by atoms with Crippen LogP contribution in [-0.2, 0) is 10.0 Å². The summed E-state index contributed by atoms with van der Waals surface area (Å²) in [6, 6.07) is 6.36. The highest BCUT2D eigenvalue weighted by molar-refractivity contribution is 7.89. The molecule has 7 heteroatoms. The van der Waals surface area contributed by atoms with Gasteiger partial charge in [-0.05, 0) is 43.5 Å². The summed E-state index contributed by atoms with van der Waals surface area (Å²) in [5, 5.41) is -0.538. The summed E-state index contributed by atoms with van der Waals surface area (Å²) in [7, 11) is -3.56. The number of rotatable bonds is 3. The van der Waals surface area contributed by atoms with Crippen molar-refractivity contribution in [3.05, 3.63) is 29.8 Å². The molecule has 1 aliphatic rings. The average Bonchev–Trinajstić information content (AvgIpc) is 2.39. The quantitative estimate of drug-likeness (QED) is 0.686. The summed E-state index contributed by atoms with van der Waals surface area (Å²) in [5.74, 6) is 0. The molecule has 2 rings (SSSR count). The molecule has 0 bridgehead atoms. The van der Waals surface area contributed by atoms with E-state index in [1.165, 1.54) is 4.90 Å². The van der Waals surface area contributed by atoms with E-state index in [2.05, 4.69) is 4.72 Å². The van der Waals surface area contributed by atoms with Gasteiger partial charge in [-0.3, -0.25) is 4.79 Å². The Morgan fingerprint density at radius 1 is 1.35 bits per heavy atom. The number of nitrogens with zero attached hydrogens (tertiary/aromatic N) is 1. The van der Waals surface area contributed by atoms with E-state index in [9.17, 15) is 13.2 Å². The molecule has 5 nitrogen and oxygen atoms in total. The third-order valence-electron chi connectivity index (χ3n) is 3.32. The molecule has 0 spiro atoms. The van der Waals surface area contributed by atoms with Gasteiger partial charge in [0.2, 0.25) is 10.0 Å². The van der Waals surface area contributed by atoms with E-state index < -0.39 is 15.4 Å². The van der Waals surface area contributed by atoms with Crippen LogP contribution >= 0.6 is 11.6 Å². The lowest BCUT2D eigenvalue weighted by molar-refractivity contribution is 0.200. The second kappa shape index (κ2) is 6.11. The predicted octanol–water partition coefficient (Wildman–Crippen LogP) is 2.10. The van der Waals surface area contributed by atoms with Gasteiger partial charge >= 0.3 is 5.37 Å². The number of halogens is 1. The summed E-state index contributed by atoms with van der Waals surface area (Å²) in [6.45, 7) is 2.79. The Kier molecular flexibility index (Phi) is 4.67. The van der Waals surface area contributed by atoms with Gasteiger partial charge in [0, 0.05) is 19.1 Å². The van der Waals surface area contributed by atoms with Crippen molar-refractivity contribution in [2.45, 2.75) is 30.7 Å². The second-order valence-corrected chi connectivity index (χ2v) is 7.01. The lowest BCUT2D eigenvalue weighted by Crippen LogP contribution is -2.48. The fourth-order valence-corrected chi connectivity index (χ4v) is 3.65. The number of carbonyl (C=O) groups is 1. The van der Waals surface area contributed by atoms with Crippen LogP contribution in [0.15, 0.2) is 29.2 Å². The van der Waals surface area contributed by atoms with Crippen molar-refractivity contribution in [2.24, 2.45) is 0 Å². The number of hydrogen-bond acceptors (Lipinski definition) is 3. The minimum absolute atomic E-state index is 0.234. The molecule has 1 N–H and O–H groups in total. The van der Waals surface area contributed by atoms with E-state index in [0.29, 0.717) is 19.5 Å². The van der Waals surface area contributed by atoms with Crippen LogP contribution in [0.4, 0.5) is 4.79 Å². The number of carbonyl (C=O) groups excluding carboxylic acids is 1. The maximum atomic E-state index is 12.2. The van der Waals surface area contributed by atoms with Crippen molar-refractivity contribution < 1.29 is 13.2 Å². The smallest absolute Gasteiger partial charge is 0.316 e. The van der Waals surface area contributed by atoms with Crippen molar-refractivity contribution in [1.29, 1.82) is 0 Å². The summed E-state index contributed by atoms with van der Waals surface area (Å²) in [5.41, 5.74) is 1.00. The Morgan fingerprint density at radius 3 is 2.60 bits per heavy atom. The van der Waals surface area contributed by atoms with Gasteiger partial charge in [-0.1, -0.05) is 17.7 Å². The standard InChI is InChI=1S/C13H17ClN2O3S/c1-10-4-6-12(7-5-10)20(18,19)15-11-3-2-8-16(9-11)13(14)17/h4-7,11,15H,2-3,8-9H2,1H3. The molecule has 1 aliphatic heterocycles. The summed E-state index contributed by atoms with van der Waals surface area (Å²) in [4.78, 5) is 12.8. The van der Waals surface area contributed by atoms with Crippen LogP contribution < -0.4 is 4.72 Å². The van der Waals surface area contributed by atoms with Crippen LogP contribution in [-0.4, -0.2) is 37.8 Å². The highest BCUT2D eigenvalue weighted by atomic mass is 35.5. The normalized spacial score (nSPS) is 19.9. The van der Waals surface area contributed by atoms with E-state index >= 15 is 0 Å². The molecule has 1 unspecified atom stereocenters. The fraction of sp³-hybridized carbons (Fsp3) is 0.462. The Bertz CT molecular complexity index is 586. The third kappa shape index (κ3) is 3.71. The summed E-state index contributed by atoms with van der Waals surface area (Å²) < 4.78 is 27.1. The van der Waals surface area contributed by atoms with E-state index in [-0.39, 0.29) is 10.9 Å². The molecule has 1 atom stereocenters. The lowest BCUT2D eigenvalue weighted by Gasteiger charge is -2.31. The maximum Gasteiger partial charge on any atom is 0.316 e. The first-order chi connectivity index (χ1) is 9.38. The summed E-state index contributed by atoms with van der Waals surface area (Å²) in [6.07, 6.45) is 1.44. The van der Waals surface area contributed by atoms with Gasteiger partial charge in [0.05, 0.1) is 4.90 Å². The molecular formula is C13H17ClN2O3S. The van der Waals surface area contributed by atoms with Crippen LogP contribution in [0.2, 0.25) is 0 Å². The second-order valence-electron chi connectivity index (χ2n) is 4.97. The topological polar surface area (TPSA) is 66.5 Å². The molecule has 1 aromatic carbocycles. The SMILES string of the molecule is Cc1ccc(S(=O)(=O)NC2CCCN(C(=O)Cl)C2)cc1. The van der Waals surface area contributed by atoms with Gasteiger partial charge in [0.1, 0.15) is 0 Å². The molecule has 0 radical (unpaired) electrons. The van der Waals surface area contributed by atoms with Crippen molar-refractivity contribution >= 4 is 27.0 Å². The van der Waals surface area contributed by atoms with Crippen molar-refractivity contribution in [2.75, 3.05) is 13.1 Å². The highest BCUT2D eigenvalue weighted by Gasteiger charge is 2.26. The molecule has 0 saturated carbocycles. The Labute approximate surface area is 124 Å². The number of nitrogens with one attached hydrogen (secondary N) is 1. The van der Waals surface area contributed by atoms with E-state index in [0.717, 1.165) is 12.0 Å². The first-order valence-electron chi connectivity index (χ1n) is 6.42. The maximum absolute atomic E-state index is 12.2. The number of benzene rings is 1. The molecule has 1 heterocycles. The lowest BCUT2D eigenvalue weighted by atomic mass is 10.1. The Morgan fingerprint density at radius 2 is 2.00 bits per heavy atom.